The largest absolute Gasteiger partial charge is 0.321 e. The van der Waals surface area contributed by atoms with Crippen LogP contribution in [0.3, 0.4) is 0 Å². The Bertz CT molecular complexity index is 1270. The molecule has 0 saturated carbocycles. The maximum absolute atomic E-state index is 13.1. The van der Waals surface area contributed by atoms with E-state index in [1.807, 2.05) is 44.3 Å². The number of likely N-dealkylation sites (N-methyl/N-ethyl adjacent to an activating group) is 1. The van der Waals surface area contributed by atoms with Gasteiger partial charge >= 0.3 is 0 Å². The van der Waals surface area contributed by atoms with Crippen LogP contribution in [0.15, 0.2) is 63.2 Å². The number of hydrogen-bond donors (Lipinski definition) is 1. The third kappa shape index (κ3) is 4.19. The molecule has 0 unspecified atom stereocenters. The number of sulfonamides is 1. The number of nitrogens with one attached hydrogen (secondary N) is 1. The molecule has 162 valence electrons. The highest BCUT2D eigenvalue weighted by Gasteiger charge is 2.28. The molecule has 7 nitrogen and oxygen atoms in total. The van der Waals surface area contributed by atoms with Gasteiger partial charge in [0.05, 0.1) is 21.9 Å². The molecular formula is C23H26N4O3S. The van der Waals surface area contributed by atoms with E-state index in [2.05, 4.69) is 14.9 Å². The van der Waals surface area contributed by atoms with Crippen molar-refractivity contribution in [2.24, 2.45) is 4.99 Å². The molecule has 0 atom stereocenters. The predicted molar refractivity (Wildman–Crippen MR) is 123 cm³/mol. The van der Waals surface area contributed by atoms with Crippen LogP contribution in [0.4, 0.5) is 5.69 Å². The van der Waals surface area contributed by atoms with Crippen molar-refractivity contribution in [1.82, 2.24) is 14.2 Å². The van der Waals surface area contributed by atoms with Crippen LogP contribution in [-0.2, 0) is 10.0 Å². The van der Waals surface area contributed by atoms with E-state index in [9.17, 15) is 13.2 Å². The highest BCUT2D eigenvalue weighted by atomic mass is 32.2. The lowest BCUT2D eigenvalue weighted by Crippen LogP contribution is -2.46. The molecule has 0 aromatic heterocycles. The van der Waals surface area contributed by atoms with Gasteiger partial charge in [-0.2, -0.15) is 4.31 Å². The summed E-state index contributed by atoms with van der Waals surface area (Å²) in [4.78, 5) is 22.4. The second-order valence-corrected chi connectivity index (χ2v) is 9.86. The second-order valence-electron chi connectivity index (χ2n) is 7.92. The first-order valence-electron chi connectivity index (χ1n) is 10.2. The standard InChI is InChI=1S/C23H26N4O3S/c1-16-9-10-18(31(29,30)27-13-11-26(3)12-14-27)15-21(16)24-17(2)22-19-7-5-4-6-8-20(19)25-23(22)28/h4-10,15H,11-14H2,1-3H3,(H,25,28)/b24-17+. The number of benzene rings is 1. The number of nitrogens with zero attached hydrogens (tertiary/aromatic N) is 3. The van der Waals surface area contributed by atoms with Crippen LogP contribution in [-0.4, -0.2) is 61.5 Å². The molecular weight excluding hydrogens is 412 g/mol. The number of aliphatic imine (C=N–C) groups is 1. The maximum Gasteiger partial charge on any atom is 0.258 e. The average molecular weight is 439 g/mol. The van der Waals surface area contributed by atoms with Crippen LogP contribution in [0.1, 0.15) is 18.1 Å². The van der Waals surface area contributed by atoms with Crippen LogP contribution < -0.4 is 5.56 Å². The maximum atomic E-state index is 13.1. The van der Waals surface area contributed by atoms with Crippen molar-refractivity contribution in [2.75, 3.05) is 33.2 Å². The Balaban J connectivity index is 1.73. The molecule has 2 aliphatic heterocycles. The van der Waals surface area contributed by atoms with E-state index >= 15 is 0 Å². The third-order valence-electron chi connectivity index (χ3n) is 5.71. The predicted octanol–water partition coefficient (Wildman–Crippen LogP) is 2.86. The van der Waals surface area contributed by atoms with Gasteiger partial charge in [-0.25, -0.2) is 8.42 Å². The van der Waals surface area contributed by atoms with E-state index in [1.54, 1.807) is 25.1 Å². The van der Waals surface area contributed by atoms with Gasteiger partial charge in [0.15, 0.2) is 0 Å². The lowest BCUT2D eigenvalue weighted by Gasteiger charge is -2.31. The van der Waals surface area contributed by atoms with Crippen LogP contribution in [0.2, 0.25) is 0 Å². The van der Waals surface area contributed by atoms with Crippen LogP contribution in [0.25, 0.3) is 11.3 Å². The van der Waals surface area contributed by atoms with Crippen molar-refractivity contribution in [3.8, 4) is 11.3 Å². The first-order valence-corrected chi connectivity index (χ1v) is 11.7. The summed E-state index contributed by atoms with van der Waals surface area (Å²) in [5, 5.41) is 0. The van der Waals surface area contributed by atoms with Gasteiger partial charge in [-0.1, -0.05) is 30.3 Å². The van der Waals surface area contributed by atoms with E-state index in [-0.39, 0.29) is 10.5 Å². The minimum atomic E-state index is -3.60. The average Bonchev–Trinajstić information content (AvgIpc) is 2.88. The zero-order chi connectivity index (χ0) is 22.2. The van der Waals surface area contributed by atoms with Gasteiger partial charge in [-0.15, -0.1) is 0 Å². The third-order valence-corrected chi connectivity index (χ3v) is 7.61. The van der Waals surface area contributed by atoms with Gasteiger partial charge in [0, 0.05) is 37.4 Å². The van der Waals surface area contributed by atoms with Crippen LogP contribution in [0, 0.1) is 6.92 Å². The Morgan fingerprint density at radius 3 is 2.48 bits per heavy atom. The fourth-order valence-corrected chi connectivity index (χ4v) is 5.27. The Labute approximate surface area is 182 Å². The van der Waals surface area contributed by atoms with Crippen molar-refractivity contribution in [2.45, 2.75) is 18.7 Å². The summed E-state index contributed by atoms with van der Waals surface area (Å²) >= 11 is 0. The minimum absolute atomic E-state index is 0.207. The highest BCUT2D eigenvalue weighted by molar-refractivity contribution is 7.89. The summed E-state index contributed by atoms with van der Waals surface area (Å²) in [6.45, 7) is 6.01. The lowest BCUT2D eigenvalue weighted by atomic mass is 10.1. The van der Waals surface area contributed by atoms with Crippen molar-refractivity contribution in [3.63, 3.8) is 0 Å². The molecule has 4 rings (SSSR count). The summed E-state index contributed by atoms with van der Waals surface area (Å²) in [5.74, 6) is 0. The Morgan fingerprint density at radius 1 is 1.03 bits per heavy atom. The number of rotatable bonds is 4. The molecule has 8 heteroatoms. The molecule has 1 aromatic rings. The number of fused-ring (bicyclic) bond motifs is 1. The summed E-state index contributed by atoms with van der Waals surface area (Å²) in [6, 6.07) is 14.4. The normalized spacial score (nSPS) is 16.7. The second kappa shape index (κ2) is 8.37. The molecule has 0 radical (unpaired) electrons. The highest BCUT2D eigenvalue weighted by Crippen LogP contribution is 2.28. The molecule has 1 fully saturated rings. The molecule has 3 aliphatic rings. The van der Waals surface area contributed by atoms with Gasteiger partial charge in [0.1, 0.15) is 0 Å². The zero-order valence-electron chi connectivity index (χ0n) is 17.9. The smallest absolute Gasteiger partial charge is 0.258 e. The molecule has 1 aliphatic carbocycles. The molecule has 1 N–H and O–H groups in total. The van der Waals surface area contributed by atoms with Gasteiger partial charge in [-0.3, -0.25) is 9.79 Å². The summed E-state index contributed by atoms with van der Waals surface area (Å²) in [6.07, 6.45) is 0. The van der Waals surface area contributed by atoms with Crippen molar-refractivity contribution in [1.29, 1.82) is 0 Å². The Kier molecular flexibility index (Phi) is 5.79. The van der Waals surface area contributed by atoms with Gasteiger partial charge in [0.25, 0.3) is 5.56 Å². The first kappa shape index (κ1) is 21.4. The van der Waals surface area contributed by atoms with E-state index in [0.29, 0.717) is 43.1 Å². The monoisotopic (exact) mass is 438 g/mol. The number of piperazine rings is 1. The SMILES string of the molecule is C/C(=N\c1cc(S(=O)(=O)N2CCN(C)CC2)ccc1C)c1c2cccccc-2[nH]c1=O. The number of aromatic amines is 1. The zero-order valence-corrected chi connectivity index (χ0v) is 18.7. The number of aryl methyl sites for hydroxylation is 1. The van der Waals surface area contributed by atoms with Crippen molar-refractivity contribution < 1.29 is 8.42 Å². The van der Waals surface area contributed by atoms with E-state index in [4.69, 9.17) is 0 Å². The Morgan fingerprint density at radius 2 is 1.74 bits per heavy atom. The summed E-state index contributed by atoms with van der Waals surface area (Å²) in [5.41, 5.74) is 3.74. The fraction of sp³-hybridized carbons (Fsp3) is 0.304. The number of H-pyrrole nitrogens is 1. The van der Waals surface area contributed by atoms with Gasteiger partial charge in [-0.05, 0) is 44.7 Å². The van der Waals surface area contributed by atoms with Crippen LogP contribution >= 0.6 is 0 Å². The summed E-state index contributed by atoms with van der Waals surface area (Å²) in [7, 11) is -1.61. The van der Waals surface area contributed by atoms with Gasteiger partial charge in [0.2, 0.25) is 10.0 Å². The number of aromatic nitrogens is 1. The quantitative estimate of drug-likeness (QED) is 0.635. The lowest BCUT2D eigenvalue weighted by molar-refractivity contribution is 0.222. The minimum Gasteiger partial charge on any atom is -0.321 e. The molecule has 0 bridgehead atoms. The Hall–Kier alpha value is -2.81. The molecule has 0 amide bonds. The topological polar surface area (TPSA) is 85.8 Å². The van der Waals surface area contributed by atoms with Crippen LogP contribution in [0.5, 0.6) is 0 Å². The molecule has 1 aromatic carbocycles. The first-order chi connectivity index (χ1) is 14.8. The van der Waals surface area contributed by atoms with Crippen molar-refractivity contribution >= 4 is 21.4 Å². The van der Waals surface area contributed by atoms with E-state index in [0.717, 1.165) is 16.8 Å². The molecule has 1 saturated heterocycles. The van der Waals surface area contributed by atoms with E-state index < -0.39 is 10.0 Å². The van der Waals surface area contributed by atoms with Crippen molar-refractivity contribution in [3.05, 3.63) is 70.0 Å². The van der Waals surface area contributed by atoms with E-state index in [1.165, 1.54) is 4.31 Å². The fourth-order valence-electron chi connectivity index (χ4n) is 3.82. The molecule has 2 heterocycles. The summed E-state index contributed by atoms with van der Waals surface area (Å²) < 4.78 is 27.8. The molecule has 31 heavy (non-hydrogen) atoms. The number of hydrogen-bond acceptors (Lipinski definition) is 5. The molecule has 0 spiro atoms. The van der Waals surface area contributed by atoms with Gasteiger partial charge < -0.3 is 9.88 Å².